The standard InChI is InChI=1S/C9H7ClFNO2.ClH/c10-6-2-1-5(3-7(6)11)8-4-14-9(13)12-8;/h1-3,8H,4H2,(H,12,13);1H/t8-;/m0./s1. The monoisotopic (exact) mass is 251 g/mol. The van der Waals surface area contributed by atoms with E-state index < -0.39 is 11.9 Å². The quantitative estimate of drug-likeness (QED) is 0.834. The largest absolute Gasteiger partial charge is 0.447 e. The van der Waals surface area contributed by atoms with E-state index in [1.807, 2.05) is 0 Å². The van der Waals surface area contributed by atoms with Crippen molar-refractivity contribution < 1.29 is 13.9 Å². The second kappa shape index (κ2) is 4.68. The molecule has 1 heterocycles. The molecule has 15 heavy (non-hydrogen) atoms. The van der Waals surface area contributed by atoms with Crippen LogP contribution in [0.5, 0.6) is 0 Å². The lowest BCUT2D eigenvalue weighted by Gasteiger charge is -2.07. The lowest BCUT2D eigenvalue weighted by atomic mass is 10.1. The van der Waals surface area contributed by atoms with Crippen molar-refractivity contribution in [2.24, 2.45) is 0 Å². The summed E-state index contributed by atoms with van der Waals surface area (Å²) in [6.45, 7) is 0.222. The smallest absolute Gasteiger partial charge is 0.407 e. The summed E-state index contributed by atoms with van der Waals surface area (Å²) in [4.78, 5) is 10.7. The summed E-state index contributed by atoms with van der Waals surface area (Å²) < 4.78 is 17.7. The summed E-state index contributed by atoms with van der Waals surface area (Å²) in [6, 6.07) is 4.12. The summed E-state index contributed by atoms with van der Waals surface area (Å²) in [5.74, 6) is -0.495. The third-order valence-corrected chi connectivity index (χ3v) is 2.33. The average Bonchev–Trinajstić information content (AvgIpc) is 2.57. The Morgan fingerprint density at radius 1 is 1.53 bits per heavy atom. The van der Waals surface area contributed by atoms with Crippen molar-refractivity contribution in [2.45, 2.75) is 6.04 Å². The van der Waals surface area contributed by atoms with Crippen LogP contribution in [-0.2, 0) is 4.74 Å². The third kappa shape index (κ3) is 2.52. The number of benzene rings is 1. The molecule has 0 radical (unpaired) electrons. The van der Waals surface area contributed by atoms with Crippen molar-refractivity contribution in [3.05, 3.63) is 34.6 Å². The Morgan fingerprint density at radius 3 is 2.80 bits per heavy atom. The van der Waals surface area contributed by atoms with Crippen molar-refractivity contribution in [3.8, 4) is 0 Å². The first-order valence-electron chi connectivity index (χ1n) is 4.05. The van der Waals surface area contributed by atoms with Crippen molar-refractivity contribution in [2.75, 3.05) is 6.61 Å². The maximum atomic E-state index is 13.0. The number of nitrogens with one attached hydrogen (secondary N) is 1. The average molecular weight is 252 g/mol. The van der Waals surface area contributed by atoms with Crippen LogP contribution < -0.4 is 5.32 Å². The number of halogens is 3. The Morgan fingerprint density at radius 2 is 2.27 bits per heavy atom. The fourth-order valence-corrected chi connectivity index (χ4v) is 1.41. The van der Waals surface area contributed by atoms with Gasteiger partial charge in [-0.25, -0.2) is 9.18 Å². The molecule has 3 nitrogen and oxygen atoms in total. The van der Waals surface area contributed by atoms with Gasteiger partial charge < -0.3 is 10.1 Å². The SMILES string of the molecule is Cl.O=C1N[C@H](c2ccc(Cl)c(F)c2)CO1. The van der Waals surface area contributed by atoms with E-state index in [9.17, 15) is 9.18 Å². The van der Waals surface area contributed by atoms with Gasteiger partial charge in [0.25, 0.3) is 0 Å². The predicted octanol–water partition coefficient (Wildman–Crippen LogP) is 2.68. The van der Waals surface area contributed by atoms with Gasteiger partial charge in [0.05, 0.1) is 11.1 Å². The summed E-state index contributed by atoms with van der Waals surface area (Å²) in [5.41, 5.74) is 0.651. The summed E-state index contributed by atoms with van der Waals surface area (Å²) >= 11 is 5.52. The number of carbonyl (C=O) groups is 1. The molecule has 1 fully saturated rings. The van der Waals surface area contributed by atoms with Crippen LogP contribution in [0.25, 0.3) is 0 Å². The Kier molecular flexibility index (Phi) is 3.77. The van der Waals surface area contributed by atoms with Crippen molar-refractivity contribution in [1.82, 2.24) is 5.32 Å². The summed E-state index contributed by atoms with van der Waals surface area (Å²) in [7, 11) is 0. The zero-order valence-electron chi connectivity index (χ0n) is 7.50. The van der Waals surface area contributed by atoms with Gasteiger partial charge in [0.1, 0.15) is 12.4 Å². The molecular formula is C9H8Cl2FNO2. The van der Waals surface area contributed by atoms with Crippen LogP contribution in [0.15, 0.2) is 18.2 Å². The van der Waals surface area contributed by atoms with E-state index in [1.54, 1.807) is 6.07 Å². The lowest BCUT2D eigenvalue weighted by Crippen LogP contribution is -2.18. The minimum atomic E-state index is -0.495. The molecule has 2 rings (SSSR count). The summed E-state index contributed by atoms with van der Waals surface area (Å²) in [6.07, 6.45) is -0.481. The van der Waals surface area contributed by atoms with Crippen LogP contribution in [0.2, 0.25) is 5.02 Å². The van der Waals surface area contributed by atoms with E-state index in [0.29, 0.717) is 5.56 Å². The van der Waals surface area contributed by atoms with Gasteiger partial charge in [0, 0.05) is 0 Å². The number of alkyl carbamates (subject to hydrolysis) is 1. The van der Waals surface area contributed by atoms with Crippen molar-refractivity contribution >= 4 is 30.1 Å². The van der Waals surface area contributed by atoms with E-state index in [4.69, 9.17) is 11.6 Å². The molecule has 0 unspecified atom stereocenters. The van der Waals surface area contributed by atoms with Gasteiger partial charge >= 0.3 is 6.09 Å². The molecule has 0 spiro atoms. The van der Waals surface area contributed by atoms with Crippen LogP contribution in [0.1, 0.15) is 11.6 Å². The van der Waals surface area contributed by atoms with E-state index in [-0.39, 0.29) is 30.1 Å². The molecule has 0 aliphatic carbocycles. The number of amides is 1. The first kappa shape index (κ1) is 12.1. The van der Waals surface area contributed by atoms with Gasteiger partial charge in [-0.2, -0.15) is 0 Å². The Bertz CT molecular complexity index is 386. The molecule has 1 amide bonds. The normalized spacial score (nSPS) is 19.1. The van der Waals surface area contributed by atoms with Crippen LogP contribution in [0, 0.1) is 5.82 Å². The fraction of sp³-hybridized carbons (Fsp3) is 0.222. The molecule has 6 heteroatoms. The summed E-state index contributed by atoms with van der Waals surface area (Å²) in [5, 5.41) is 2.61. The van der Waals surface area contributed by atoms with E-state index in [1.165, 1.54) is 12.1 Å². The van der Waals surface area contributed by atoms with Gasteiger partial charge in [-0.15, -0.1) is 12.4 Å². The lowest BCUT2D eigenvalue weighted by molar-refractivity contribution is 0.177. The Labute approximate surface area is 97.0 Å². The van der Waals surface area contributed by atoms with Gasteiger partial charge in [-0.05, 0) is 17.7 Å². The predicted molar refractivity (Wildman–Crippen MR) is 55.9 cm³/mol. The molecule has 1 saturated heterocycles. The topological polar surface area (TPSA) is 38.3 Å². The van der Waals surface area contributed by atoms with E-state index >= 15 is 0 Å². The number of cyclic esters (lactones) is 1. The highest BCUT2D eigenvalue weighted by Gasteiger charge is 2.24. The third-order valence-electron chi connectivity index (χ3n) is 2.02. The maximum absolute atomic E-state index is 13.0. The van der Waals surface area contributed by atoms with Gasteiger partial charge in [-0.3, -0.25) is 0 Å². The highest BCUT2D eigenvalue weighted by Crippen LogP contribution is 2.22. The van der Waals surface area contributed by atoms with Gasteiger partial charge in [0.2, 0.25) is 0 Å². The zero-order chi connectivity index (χ0) is 10.1. The van der Waals surface area contributed by atoms with Crippen LogP contribution in [-0.4, -0.2) is 12.7 Å². The second-order valence-corrected chi connectivity index (χ2v) is 3.38. The number of ether oxygens (including phenoxy) is 1. The van der Waals surface area contributed by atoms with Gasteiger partial charge in [0.15, 0.2) is 0 Å². The van der Waals surface area contributed by atoms with Crippen LogP contribution >= 0.6 is 24.0 Å². The van der Waals surface area contributed by atoms with Gasteiger partial charge in [-0.1, -0.05) is 17.7 Å². The molecule has 1 N–H and O–H groups in total. The number of rotatable bonds is 1. The van der Waals surface area contributed by atoms with Crippen LogP contribution in [0.4, 0.5) is 9.18 Å². The zero-order valence-corrected chi connectivity index (χ0v) is 9.07. The molecule has 1 atom stereocenters. The molecule has 0 saturated carbocycles. The Balaban J connectivity index is 0.00000112. The molecule has 1 aliphatic heterocycles. The highest BCUT2D eigenvalue weighted by atomic mass is 35.5. The first-order chi connectivity index (χ1) is 6.66. The molecule has 82 valence electrons. The van der Waals surface area contributed by atoms with Crippen LogP contribution in [0.3, 0.4) is 0 Å². The maximum Gasteiger partial charge on any atom is 0.407 e. The Hall–Kier alpha value is -1.00. The molecule has 0 aromatic heterocycles. The number of hydrogen-bond acceptors (Lipinski definition) is 2. The molecule has 1 aromatic carbocycles. The van der Waals surface area contributed by atoms with E-state index in [2.05, 4.69) is 10.1 Å². The molecule has 0 bridgehead atoms. The fourth-order valence-electron chi connectivity index (χ4n) is 1.29. The molecular weight excluding hydrogens is 244 g/mol. The number of carbonyl (C=O) groups excluding carboxylic acids is 1. The van der Waals surface area contributed by atoms with Crippen molar-refractivity contribution in [3.63, 3.8) is 0 Å². The van der Waals surface area contributed by atoms with E-state index in [0.717, 1.165) is 0 Å². The highest BCUT2D eigenvalue weighted by molar-refractivity contribution is 6.30. The minimum Gasteiger partial charge on any atom is -0.447 e. The minimum absolute atomic E-state index is 0. The molecule has 1 aliphatic rings. The first-order valence-corrected chi connectivity index (χ1v) is 4.43. The molecule has 1 aromatic rings. The van der Waals surface area contributed by atoms with Crippen molar-refractivity contribution in [1.29, 1.82) is 0 Å². The number of hydrogen-bond donors (Lipinski definition) is 1. The second-order valence-electron chi connectivity index (χ2n) is 2.97.